The zero-order valence-corrected chi connectivity index (χ0v) is 13.5. The van der Waals surface area contributed by atoms with Gasteiger partial charge in [-0.25, -0.2) is 8.42 Å². The van der Waals surface area contributed by atoms with Crippen molar-refractivity contribution in [3.05, 3.63) is 22.2 Å². The molecule has 0 spiro atoms. The maximum absolute atomic E-state index is 12.8. The molecule has 0 saturated carbocycles. The van der Waals surface area contributed by atoms with E-state index in [4.69, 9.17) is 4.74 Å². The molecule has 0 atom stereocenters. The second kappa shape index (κ2) is 5.63. The Bertz CT molecular complexity index is 610. The van der Waals surface area contributed by atoms with Gasteiger partial charge in [-0.05, 0) is 25.1 Å². The van der Waals surface area contributed by atoms with Gasteiger partial charge in [0, 0.05) is 36.1 Å². The van der Waals surface area contributed by atoms with Gasteiger partial charge in [-0.15, -0.1) is 0 Å². The summed E-state index contributed by atoms with van der Waals surface area (Å²) >= 11 is 3.40. The molecule has 7 heteroatoms. The van der Waals surface area contributed by atoms with E-state index in [0.29, 0.717) is 36.9 Å². The maximum atomic E-state index is 12.8. The molecule has 2 heterocycles. The van der Waals surface area contributed by atoms with Crippen LogP contribution in [0.2, 0.25) is 0 Å². The van der Waals surface area contributed by atoms with Gasteiger partial charge < -0.3 is 10.1 Å². The number of rotatable bonds is 2. The highest BCUT2D eigenvalue weighted by molar-refractivity contribution is 9.10. The third-order valence-electron chi connectivity index (χ3n) is 3.63. The smallest absolute Gasteiger partial charge is 0.246 e. The predicted octanol–water partition coefficient (Wildman–Crippen LogP) is 1.37. The van der Waals surface area contributed by atoms with Crippen LogP contribution in [-0.4, -0.2) is 45.5 Å². The summed E-state index contributed by atoms with van der Waals surface area (Å²) in [4.78, 5) is 0.293. The first-order chi connectivity index (χ1) is 9.59. The van der Waals surface area contributed by atoms with E-state index in [1.54, 1.807) is 10.4 Å². The van der Waals surface area contributed by atoms with Crippen molar-refractivity contribution in [3.8, 4) is 5.75 Å². The van der Waals surface area contributed by atoms with Crippen LogP contribution in [0.25, 0.3) is 0 Å². The summed E-state index contributed by atoms with van der Waals surface area (Å²) in [6.45, 7) is 3.16. The molecule has 2 aliphatic heterocycles. The molecule has 0 unspecified atom stereocenters. The summed E-state index contributed by atoms with van der Waals surface area (Å²) < 4.78 is 33.6. The van der Waals surface area contributed by atoms with Crippen LogP contribution in [0.4, 0.5) is 0 Å². The highest BCUT2D eigenvalue weighted by atomic mass is 79.9. The van der Waals surface area contributed by atoms with E-state index in [2.05, 4.69) is 21.2 Å². The fraction of sp³-hybridized carbons (Fsp3) is 0.538. The zero-order chi connectivity index (χ0) is 14.2. The van der Waals surface area contributed by atoms with Gasteiger partial charge >= 0.3 is 0 Å². The third-order valence-corrected chi connectivity index (χ3v) is 5.99. The Morgan fingerprint density at radius 3 is 2.95 bits per heavy atom. The maximum Gasteiger partial charge on any atom is 0.246 e. The summed E-state index contributed by atoms with van der Waals surface area (Å²) in [6.07, 6.45) is 1.59. The van der Waals surface area contributed by atoms with Crippen LogP contribution in [-0.2, 0) is 16.4 Å². The second-order valence-corrected chi connectivity index (χ2v) is 7.82. The molecule has 110 valence electrons. The first-order valence-electron chi connectivity index (χ1n) is 6.75. The lowest BCUT2D eigenvalue weighted by molar-refractivity contribution is 0.346. The number of ether oxygens (including phenoxy) is 1. The monoisotopic (exact) mass is 360 g/mol. The molecule has 1 N–H and O–H groups in total. The number of halogens is 1. The van der Waals surface area contributed by atoms with E-state index in [0.717, 1.165) is 29.4 Å². The van der Waals surface area contributed by atoms with Crippen LogP contribution in [0.3, 0.4) is 0 Å². The van der Waals surface area contributed by atoms with Gasteiger partial charge in [-0.3, -0.25) is 0 Å². The Morgan fingerprint density at radius 2 is 2.10 bits per heavy atom. The molecule has 1 aromatic rings. The minimum absolute atomic E-state index is 0.293. The van der Waals surface area contributed by atoms with Gasteiger partial charge in [0.15, 0.2) is 0 Å². The molecule has 0 aromatic heterocycles. The average Bonchev–Trinajstić information content (AvgIpc) is 2.70. The summed E-state index contributed by atoms with van der Waals surface area (Å²) in [5.41, 5.74) is 0.964. The Hall–Kier alpha value is -0.630. The van der Waals surface area contributed by atoms with E-state index in [9.17, 15) is 8.42 Å². The van der Waals surface area contributed by atoms with Gasteiger partial charge in [0.1, 0.15) is 10.6 Å². The van der Waals surface area contributed by atoms with Crippen LogP contribution in [0, 0.1) is 0 Å². The molecule has 0 aliphatic carbocycles. The van der Waals surface area contributed by atoms with Gasteiger partial charge in [0.05, 0.1) is 6.61 Å². The lowest BCUT2D eigenvalue weighted by atomic mass is 10.2. The Labute approximate surface area is 127 Å². The minimum atomic E-state index is -3.49. The number of fused-ring (bicyclic) bond motifs is 1. The summed E-state index contributed by atoms with van der Waals surface area (Å²) in [6, 6.07) is 3.59. The number of hydrogen-bond acceptors (Lipinski definition) is 4. The number of benzene rings is 1. The standard InChI is InChI=1S/C13H17BrN2O3S/c14-11-8-10-2-7-19-13(10)12(9-11)20(17,18)16-5-1-3-15-4-6-16/h8-9,15H,1-7H2. The molecule has 5 nitrogen and oxygen atoms in total. The Balaban J connectivity index is 2.03. The molecule has 1 saturated heterocycles. The van der Waals surface area contributed by atoms with Crippen molar-refractivity contribution in [2.75, 3.05) is 32.8 Å². The molecule has 0 amide bonds. The summed E-state index contributed by atoms with van der Waals surface area (Å²) in [7, 11) is -3.49. The Morgan fingerprint density at radius 1 is 1.25 bits per heavy atom. The van der Waals surface area contributed by atoms with Crippen LogP contribution < -0.4 is 10.1 Å². The topological polar surface area (TPSA) is 58.6 Å². The van der Waals surface area contributed by atoms with Crippen molar-refractivity contribution in [2.45, 2.75) is 17.7 Å². The van der Waals surface area contributed by atoms with E-state index < -0.39 is 10.0 Å². The number of nitrogens with zero attached hydrogens (tertiary/aromatic N) is 1. The van der Waals surface area contributed by atoms with Crippen molar-refractivity contribution in [2.24, 2.45) is 0 Å². The summed E-state index contributed by atoms with van der Waals surface area (Å²) in [5, 5.41) is 3.22. The molecule has 2 aliphatic rings. The SMILES string of the molecule is O=S(=O)(c1cc(Br)cc2c1OCC2)N1CCCNCC1. The number of nitrogens with one attached hydrogen (secondary N) is 1. The molecule has 3 rings (SSSR count). The normalized spacial score (nSPS) is 20.2. The molecule has 0 bridgehead atoms. The van der Waals surface area contributed by atoms with Crippen LogP contribution >= 0.6 is 15.9 Å². The fourth-order valence-electron chi connectivity index (χ4n) is 2.63. The minimum Gasteiger partial charge on any atom is -0.492 e. The van der Waals surface area contributed by atoms with Crippen molar-refractivity contribution in [1.29, 1.82) is 0 Å². The van der Waals surface area contributed by atoms with Crippen LogP contribution in [0.15, 0.2) is 21.5 Å². The van der Waals surface area contributed by atoms with Gasteiger partial charge in [-0.2, -0.15) is 4.31 Å². The lowest BCUT2D eigenvalue weighted by Gasteiger charge is -2.21. The number of sulfonamides is 1. The second-order valence-electron chi connectivity index (χ2n) is 5.00. The highest BCUT2D eigenvalue weighted by Gasteiger charge is 2.31. The van der Waals surface area contributed by atoms with Crippen molar-refractivity contribution in [3.63, 3.8) is 0 Å². The molecule has 1 fully saturated rings. The Kier molecular flexibility index (Phi) is 4.03. The quantitative estimate of drug-likeness (QED) is 0.865. The highest BCUT2D eigenvalue weighted by Crippen LogP contribution is 2.37. The molecular formula is C13H17BrN2O3S. The van der Waals surface area contributed by atoms with Crippen molar-refractivity contribution < 1.29 is 13.2 Å². The van der Waals surface area contributed by atoms with Crippen LogP contribution in [0.5, 0.6) is 5.75 Å². The number of hydrogen-bond donors (Lipinski definition) is 1. The third kappa shape index (κ3) is 2.59. The molecular weight excluding hydrogens is 344 g/mol. The van der Waals surface area contributed by atoms with Gasteiger partial charge in [0.25, 0.3) is 0 Å². The van der Waals surface area contributed by atoms with Crippen LogP contribution in [0.1, 0.15) is 12.0 Å². The van der Waals surface area contributed by atoms with E-state index in [-0.39, 0.29) is 0 Å². The lowest BCUT2D eigenvalue weighted by Crippen LogP contribution is -2.34. The van der Waals surface area contributed by atoms with E-state index in [1.165, 1.54) is 0 Å². The van der Waals surface area contributed by atoms with E-state index >= 15 is 0 Å². The largest absolute Gasteiger partial charge is 0.492 e. The van der Waals surface area contributed by atoms with Crippen molar-refractivity contribution >= 4 is 26.0 Å². The van der Waals surface area contributed by atoms with Gasteiger partial charge in [0.2, 0.25) is 10.0 Å². The van der Waals surface area contributed by atoms with Crippen molar-refractivity contribution in [1.82, 2.24) is 9.62 Å². The summed E-state index contributed by atoms with van der Waals surface area (Å²) in [5.74, 6) is 0.533. The van der Waals surface area contributed by atoms with E-state index in [1.807, 2.05) is 6.07 Å². The average molecular weight is 361 g/mol. The fourth-order valence-corrected chi connectivity index (χ4v) is 4.96. The first kappa shape index (κ1) is 14.3. The van der Waals surface area contributed by atoms with Gasteiger partial charge in [-0.1, -0.05) is 15.9 Å². The predicted molar refractivity (Wildman–Crippen MR) is 79.6 cm³/mol. The molecule has 20 heavy (non-hydrogen) atoms. The first-order valence-corrected chi connectivity index (χ1v) is 8.98. The molecule has 1 aromatic carbocycles. The zero-order valence-electron chi connectivity index (χ0n) is 11.1. The molecule has 0 radical (unpaired) electrons.